The number of benzene rings is 2. The van der Waals surface area contributed by atoms with Crippen LogP contribution in [0.5, 0.6) is 5.75 Å². The molecule has 3 aromatic rings. The number of hydrogen-bond donors (Lipinski definition) is 1. The Morgan fingerprint density at radius 1 is 1.26 bits per heavy atom. The van der Waals surface area contributed by atoms with Gasteiger partial charge in [0.25, 0.3) is 5.91 Å². The van der Waals surface area contributed by atoms with Gasteiger partial charge in [-0.2, -0.15) is 0 Å². The van der Waals surface area contributed by atoms with E-state index in [2.05, 4.69) is 5.32 Å². The predicted molar refractivity (Wildman–Crippen MR) is 92.1 cm³/mol. The molecule has 0 atom stereocenters. The highest BCUT2D eigenvalue weighted by Crippen LogP contribution is 2.25. The van der Waals surface area contributed by atoms with E-state index in [0.717, 1.165) is 22.2 Å². The summed E-state index contributed by atoms with van der Waals surface area (Å²) >= 11 is 5.92. The lowest BCUT2D eigenvalue weighted by molar-refractivity contribution is 0.0951. The topological polar surface area (TPSA) is 43.3 Å². The van der Waals surface area contributed by atoms with E-state index < -0.39 is 0 Å². The van der Waals surface area contributed by atoms with Gasteiger partial charge in [0.1, 0.15) is 5.75 Å². The van der Waals surface area contributed by atoms with Gasteiger partial charge >= 0.3 is 0 Å². The van der Waals surface area contributed by atoms with E-state index in [1.54, 1.807) is 31.4 Å². The lowest BCUT2D eigenvalue weighted by atomic mass is 10.1. The molecule has 2 aromatic carbocycles. The number of rotatable bonds is 4. The molecule has 23 heavy (non-hydrogen) atoms. The second kappa shape index (κ2) is 6.34. The molecule has 0 aliphatic rings. The summed E-state index contributed by atoms with van der Waals surface area (Å²) in [7, 11) is 3.63. The highest BCUT2D eigenvalue weighted by atomic mass is 35.5. The summed E-state index contributed by atoms with van der Waals surface area (Å²) in [5, 5.41) is 4.55. The number of halogens is 1. The Kier molecular flexibility index (Phi) is 4.26. The van der Waals surface area contributed by atoms with Crippen LogP contribution in [0.4, 0.5) is 0 Å². The minimum atomic E-state index is -0.146. The lowest BCUT2D eigenvalue weighted by Gasteiger charge is -2.05. The third-order valence-corrected chi connectivity index (χ3v) is 4.04. The van der Waals surface area contributed by atoms with Gasteiger partial charge in [-0.05, 0) is 42.0 Å². The smallest absolute Gasteiger partial charge is 0.251 e. The number of aryl methyl sites for hydroxylation is 1. The van der Waals surface area contributed by atoms with Crippen molar-refractivity contribution in [2.24, 2.45) is 7.05 Å². The Morgan fingerprint density at radius 2 is 2.09 bits per heavy atom. The monoisotopic (exact) mass is 328 g/mol. The van der Waals surface area contributed by atoms with Crippen LogP contribution in [0.25, 0.3) is 10.9 Å². The molecule has 0 bridgehead atoms. The average molecular weight is 329 g/mol. The van der Waals surface area contributed by atoms with E-state index in [-0.39, 0.29) is 5.91 Å². The Bertz CT molecular complexity index is 871. The average Bonchev–Trinajstić information content (AvgIpc) is 2.88. The third kappa shape index (κ3) is 3.17. The Morgan fingerprint density at radius 3 is 2.83 bits per heavy atom. The first-order valence-electron chi connectivity index (χ1n) is 7.24. The minimum absolute atomic E-state index is 0.146. The maximum Gasteiger partial charge on any atom is 0.251 e. The quantitative estimate of drug-likeness (QED) is 0.792. The zero-order valence-electron chi connectivity index (χ0n) is 13.0. The maximum atomic E-state index is 12.2. The van der Waals surface area contributed by atoms with Crippen LogP contribution < -0.4 is 10.1 Å². The van der Waals surface area contributed by atoms with E-state index >= 15 is 0 Å². The van der Waals surface area contributed by atoms with Crippen LogP contribution in [-0.2, 0) is 13.6 Å². The fraction of sp³-hybridized carbons (Fsp3) is 0.167. The van der Waals surface area contributed by atoms with Gasteiger partial charge < -0.3 is 14.6 Å². The van der Waals surface area contributed by atoms with Crippen molar-refractivity contribution in [1.29, 1.82) is 0 Å². The van der Waals surface area contributed by atoms with Crippen molar-refractivity contribution >= 4 is 28.4 Å². The summed E-state index contributed by atoms with van der Waals surface area (Å²) in [6.07, 6.45) is 2.02. The number of amides is 1. The Balaban J connectivity index is 1.83. The molecule has 1 N–H and O–H groups in total. The van der Waals surface area contributed by atoms with Crippen LogP contribution in [0.3, 0.4) is 0 Å². The molecule has 1 amide bonds. The number of aromatic nitrogens is 1. The fourth-order valence-electron chi connectivity index (χ4n) is 2.63. The van der Waals surface area contributed by atoms with Crippen LogP contribution in [-0.4, -0.2) is 17.6 Å². The lowest BCUT2D eigenvalue weighted by Crippen LogP contribution is -2.22. The van der Waals surface area contributed by atoms with Crippen molar-refractivity contribution in [3.8, 4) is 5.75 Å². The molecule has 1 heterocycles. The molecule has 0 aliphatic heterocycles. The third-order valence-electron chi connectivity index (χ3n) is 3.81. The molecular formula is C18H17ClN2O2. The second-order valence-electron chi connectivity index (χ2n) is 5.34. The molecule has 4 nitrogen and oxygen atoms in total. The molecule has 0 saturated carbocycles. The maximum absolute atomic E-state index is 12.2. The number of nitrogens with one attached hydrogen (secondary N) is 1. The molecule has 0 saturated heterocycles. The number of hydrogen-bond acceptors (Lipinski definition) is 2. The molecule has 0 aliphatic carbocycles. The summed E-state index contributed by atoms with van der Waals surface area (Å²) in [5.41, 5.74) is 2.69. The number of carbonyl (C=O) groups excluding carboxylic acids is 1. The molecule has 0 unspecified atom stereocenters. The van der Waals surface area contributed by atoms with Gasteiger partial charge in [-0.3, -0.25) is 4.79 Å². The van der Waals surface area contributed by atoms with Gasteiger partial charge in [0.2, 0.25) is 0 Å². The van der Waals surface area contributed by atoms with Crippen LogP contribution in [0, 0.1) is 0 Å². The van der Waals surface area contributed by atoms with Crippen molar-refractivity contribution in [3.05, 3.63) is 64.8 Å². The van der Waals surface area contributed by atoms with Crippen molar-refractivity contribution in [2.75, 3.05) is 7.11 Å². The first-order valence-corrected chi connectivity index (χ1v) is 7.62. The standard InChI is InChI=1S/C18H17ClN2O2/c1-21-11-13(16-9-15(23-2)6-7-17(16)21)10-20-18(22)12-4-3-5-14(19)8-12/h3-9,11H,10H2,1-2H3,(H,20,22). The first kappa shape index (κ1) is 15.4. The van der Waals surface area contributed by atoms with Gasteiger partial charge in [-0.15, -0.1) is 0 Å². The largest absolute Gasteiger partial charge is 0.497 e. The Hall–Kier alpha value is -2.46. The van der Waals surface area contributed by atoms with Crippen LogP contribution >= 0.6 is 11.6 Å². The zero-order valence-corrected chi connectivity index (χ0v) is 13.7. The van der Waals surface area contributed by atoms with E-state index in [1.807, 2.05) is 36.0 Å². The fourth-order valence-corrected chi connectivity index (χ4v) is 2.82. The number of ether oxygens (including phenoxy) is 1. The van der Waals surface area contributed by atoms with Crippen molar-refractivity contribution in [2.45, 2.75) is 6.54 Å². The van der Waals surface area contributed by atoms with Crippen molar-refractivity contribution in [3.63, 3.8) is 0 Å². The summed E-state index contributed by atoms with van der Waals surface area (Å²) in [6.45, 7) is 0.440. The highest BCUT2D eigenvalue weighted by Gasteiger charge is 2.10. The molecule has 0 radical (unpaired) electrons. The highest BCUT2D eigenvalue weighted by molar-refractivity contribution is 6.30. The molecule has 1 aromatic heterocycles. The van der Waals surface area contributed by atoms with Crippen LogP contribution in [0.2, 0.25) is 5.02 Å². The van der Waals surface area contributed by atoms with Crippen LogP contribution in [0.1, 0.15) is 15.9 Å². The summed E-state index contributed by atoms with van der Waals surface area (Å²) < 4.78 is 7.32. The van der Waals surface area contributed by atoms with Gasteiger partial charge in [-0.1, -0.05) is 17.7 Å². The van der Waals surface area contributed by atoms with Crippen molar-refractivity contribution in [1.82, 2.24) is 9.88 Å². The van der Waals surface area contributed by atoms with Gasteiger partial charge in [0.15, 0.2) is 0 Å². The van der Waals surface area contributed by atoms with Gasteiger partial charge in [-0.25, -0.2) is 0 Å². The number of fused-ring (bicyclic) bond motifs is 1. The molecule has 118 valence electrons. The summed E-state index contributed by atoms with van der Waals surface area (Å²) in [5.74, 6) is 0.651. The predicted octanol–water partition coefficient (Wildman–Crippen LogP) is 3.77. The van der Waals surface area contributed by atoms with Gasteiger partial charge in [0.05, 0.1) is 7.11 Å². The normalized spacial score (nSPS) is 10.7. The molecule has 0 spiro atoms. The number of nitrogens with zero attached hydrogens (tertiary/aromatic N) is 1. The molecule has 0 fully saturated rings. The Labute approximate surface area is 139 Å². The van der Waals surface area contributed by atoms with E-state index in [1.165, 1.54) is 0 Å². The van der Waals surface area contributed by atoms with Crippen molar-refractivity contribution < 1.29 is 9.53 Å². The van der Waals surface area contributed by atoms with E-state index in [0.29, 0.717) is 17.1 Å². The number of carbonyl (C=O) groups is 1. The summed E-state index contributed by atoms with van der Waals surface area (Å²) in [6, 6.07) is 12.8. The number of methoxy groups -OCH3 is 1. The summed E-state index contributed by atoms with van der Waals surface area (Å²) in [4.78, 5) is 12.2. The van der Waals surface area contributed by atoms with E-state index in [4.69, 9.17) is 16.3 Å². The SMILES string of the molecule is COc1ccc2c(c1)c(CNC(=O)c1cccc(Cl)c1)cn2C. The zero-order chi connectivity index (χ0) is 16.4. The molecule has 3 rings (SSSR count). The molecular weight excluding hydrogens is 312 g/mol. The second-order valence-corrected chi connectivity index (χ2v) is 5.78. The molecule has 5 heteroatoms. The van der Waals surface area contributed by atoms with Crippen LogP contribution in [0.15, 0.2) is 48.7 Å². The first-order chi connectivity index (χ1) is 11.1. The minimum Gasteiger partial charge on any atom is -0.497 e. The van der Waals surface area contributed by atoms with E-state index in [9.17, 15) is 4.79 Å². The van der Waals surface area contributed by atoms with Gasteiger partial charge in [0, 0.05) is 41.3 Å².